The lowest BCUT2D eigenvalue weighted by Crippen LogP contribution is -2.28. The second kappa shape index (κ2) is 9.08. The molecule has 1 atom stereocenters. The highest BCUT2D eigenvalue weighted by Crippen LogP contribution is 2.18. The van der Waals surface area contributed by atoms with Gasteiger partial charge in [-0.05, 0) is 31.0 Å². The maximum absolute atomic E-state index is 12.1. The largest absolute Gasteiger partial charge is 0.349 e. The second-order valence-electron chi connectivity index (χ2n) is 5.45. The van der Waals surface area contributed by atoms with Crippen molar-refractivity contribution in [2.24, 2.45) is 0 Å². The Morgan fingerprint density at radius 2 is 2.12 bits per heavy atom. The third-order valence-electron chi connectivity index (χ3n) is 3.54. The van der Waals surface area contributed by atoms with E-state index in [1.54, 1.807) is 4.57 Å². The van der Waals surface area contributed by atoms with Crippen LogP contribution in [0.15, 0.2) is 38.7 Å². The molecule has 1 unspecified atom stereocenters. The summed E-state index contributed by atoms with van der Waals surface area (Å²) in [6.07, 6.45) is 1.90. The number of nitrogens with zero attached hydrogens (tertiary/aromatic N) is 2. The van der Waals surface area contributed by atoms with Crippen molar-refractivity contribution in [2.45, 2.75) is 44.4 Å². The average Bonchev–Trinajstić information content (AvgIpc) is 2.91. The first-order valence-corrected chi connectivity index (χ1v) is 9.62. The maximum atomic E-state index is 12.1. The summed E-state index contributed by atoms with van der Waals surface area (Å²) in [6, 6.07) is 7.76. The predicted octanol–water partition coefficient (Wildman–Crippen LogP) is 3.10. The van der Waals surface area contributed by atoms with Crippen LogP contribution < -0.4 is 11.0 Å². The Balaban J connectivity index is 1.89. The quantitative estimate of drug-likeness (QED) is 0.652. The molecule has 0 spiro atoms. The molecule has 8 heteroatoms. The molecule has 0 aliphatic rings. The molecule has 2 N–H and O–H groups in total. The van der Waals surface area contributed by atoms with Gasteiger partial charge in [-0.15, -0.1) is 5.10 Å². The Morgan fingerprint density at radius 3 is 2.79 bits per heavy atom. The summed E-state index contributed by atoms with van der Waals surface area (Å²) in [5.74, 6) is 0.130. The molecule has 6 nitrogen and oxygen atoms in total. The van der Waals surface area contributed by atoms with Gasteiger partial charge in [0, 0.05) is 11.0 Å². The van der Waals surface area contributed by atoms with Gasteiger partial charge in [0.2, 0.25) is 5.91 Å². The Bertz CT molecular complexity index is 726. The molecule has 2 aromatic rings. The van der Waals surface area contributed by atoms with Crippen LogP contribution in [0.3, 0.4) is 0 Å². The number of rotatable bonds is 8. The fourth-order valence-electron chi connectivity index (χ4n) is 2.17. The SMILES string of the molecule is CCCCn1c(SCC(=O)NC(C)c2ccc(Br)cc2)n[nH]c1=O. The number of H-pyrrole nitrogens is 1. The Morgan fingerprint density at radius 1 is 1.42 bits per heavy atom. The standard InChI is InChI=1S/C16H21BrN4O2S/c1-3-4-9-21-15(23)19-20-16(21)24-10-14(22)18-11(2)12-5-7-13(17)8-6-12/h5-8,11H,3-4,9-10H2,1-2H3,(H,18,22)(H,19,23). The number of unbranched alkanes of at least 4 members (excludes halogenated alkanes) is 1. The number of benzene rings is 1. The lowest BCUT2D eigenvalue weighted by Gasteiger charge is -2.14. The molecule has 24 heavy (non-hydrogen) atoms. The van der Waals surface area contributed by atoms with E-state index in [0.29, 0.717) is 11.7 Å². The number of nitrogens with one attached hydrogen (secondary N) is 2. The van der Waals surface area contributed by atoms with Crippen molar-refractivity contribution < 1.29 is 4.79 Å². The molecule has 1 amide bonds. The summed E-state index contributed by atoms with van der Waals surface area (Å²) in [5, 5.41) is 9.94. The molecule has 0 aliphatic carbocycles. The van der Waals surface area contributed by atoms with Crippen molar-refractivity contribution in [3.8, 4) is 0 Å². The molecule has 1 aromatic carbocycles. The Labute approximate surface area is 153 Å². The topological polar surface area (TPSA) is 79.8 Å². The van der Waals surface area contributed by atoms with Crippen LogP contribution in [-0.4, -0.2) is 26.4 Å². The molecule has 0 saturated heterocycles. The lowest BCUT2D eigenvalue weighted by atomic mass is 10.1. The van der Waals surface area contributed by atoms with Gasteiger partial charge >= 0.3 is 5.69 Å². The highest BCUT2D eigenvalue weighted by molar-refractivity contribution is 9.10. The lowest BCUT2D eigenvalue weighted by molar-refractivity contribution is -0.119. The van der Waals surface area contributed by atoms with Crippen LogP contribution in [0.4, 0.5) is 0 Å². The van der Waals surface area contributed by atoms with Crippen molar-refractivity contribution in [1.29, 1.82) is 0 Å². The highest BCUT2D eigenvalue weighted by Gasteiger charge is 2.13. The minimum Gasteiger partial charge on any atom is -0.349 e. The third kappa shape index (κ3) is 5.24. The van der Waals surface area contributed by atoms with E-state index in [4.69, 9.17) is 0 Å². The van der Waals surface area contributed by atoms with Crippen molar-refractivity contribution in [3.05, 3.63) is 44.8 Å². The zero-order chi connectivity index (χ0) is 17.5. The zero-order valence-electron chi connectivity index (χ0n) is 13.7. The first kappa shape index (κ1) is 18.8. The zero-order valence-corrected chi connectivity index (χ0v) is 16.1. The molecule has 1 aromatic heterocycles. The number of aromatic nitrogens is 3. The monoisotopic (exact) mass is 412 g/mol. The van der Waals surface area contributed by atoms with Crippen molar-refractivity contribution in [2.75, 3.05) is 5.75 Å². The summed E-state index contributed by atoms with van der Waals surface area (Å²) < 4.78 is 2.59. The summed E-state index contributed by atoms with van der Waals surface area (Å²) >= 11 is 4.66. The van der Waals surface area contributed by atoms with Gasteiger partial charge in [-0.2, -0.15) is 0 Å². The van der Waals surface area contributed by atoms with Crippen LogP contribution in [-0.2, 0) is 11.3 Å². The van der Waals surface area contributed by atoms with E-state index in [-0.39, 0.29) is 23.4 Å². The van der Waals surface area contributed by atoms with Gasteiger partial charge in [-0.1, -0.05) is 53.2 Å². The first-order chi connectivity index (χ1) is 11.5. The average molecular weight is 413 g/mol. The molecule has 1 heterocycles. The van der Waals surface area contributed by atoms with Gasteiger partial charge in [0.1, 0.15) is 0 Å². The molecular weight excluding hydrogens is 392 g/mol. The summed E-state index contributed by atoms with van der Waals surface area (Å²) in [6.45, 7) is 4.62. The van der Waals surface area contributed by atoms with E-state index in [0.717, 1.165) is 22.9 Å². The molecule has 0 saturated carbocycles. The van der Waals surface area contributed by atoms with Gasteiger partial charge in [0.15, 0.2) is 5.16 Å². The van der Waals surface area contributed by atoms with E-state index >= 15 is 0 Å². The van der Waals surface area contributed by atoms with Crippen LogP contribution in [0.5, 0.6) is 0 Å². The molecule has 2 rings (SSSR count). The number of aromatic amines is 1. The number of hydrogen-bond donors (Lipinski definition) is 2. The van der Waals surface area contributed by atoms with Gasteiger partial charge in [0.25, 0.3) is 0 Å². The van der Waals surface area contributed by atoms with Gasteiger partial charge < -0.3 is 5.32 Å². The fourth-order valence-corrected chi connectivity index (χ4v) is 3.22. The van der Waals surface area contributed by atoms with Crippen LogP contribution >= 0.6 is 27.7 Å². The minimum atomic E-state index is -0.227. The smallest absolute Gasteiger partial charge is 0.343 e. The second-order valence-corrected chi connectivity index (χ2v) is 7.30. The normalized spacial score (nSPS) is 12.1. The van der Waals surface area contributed by atoms with E-state index < -0.39 is 0 Å². The summed E-state index contributed by atoms with van der Waals surface area (Å²) in [5.41, 5.74) is 0.811. The van der Waals surface area contributed by atoms with Gasteiger partial charge in [-0.3, -0.25) is 9.36 Å². The number of carbonyl (C=O) groups excluding carboxylic acids is 1. The molecule has 0 bridgehead atoms. The van der Waals surface area contributed by atoms with Gasteiger partial charge in [0.05, 0.1) is 11.8 Å². The molecule has 130 valence electrons. The Hall–Kier alpha value is -1.54. The molecular formula is C16H21BrN4O2S. The number of amides is 1. The first-order valence-electron chi connectivity index (χ1n) is 7.84. The van der Waals surface area contributed by atoms with E-state index in [1.165, 1.54) is 11.8 Å². The van der Waals surface area contributed by atoms with E-state index in [1.807, 2.05) is 31.2 Å². The minimum absolute atomic E-state index is 0.0762. The third-order valence-corrected chi connectivity index (χ3v) is 5.04. The van der Waals surface area contributed by atoms with Gasteiger partial charge in [-0.25, -0.2) is 9.89 Å². The van der Waals surface area contributed by atoms with Crippen molar-refractivity contribution in [1.82, 2.24) is 20.1 Å². The highest BCUT2D eigenvalue weighted by atomic mass is 79.9. The van der Waals surface area contributed by atoms with Crippen LogP contribution in [0.1, 0.15) is 38.3 Å². The van der Waals surface area contributed by atoms with Crippen LogP contribution in [0.25, 0.3) is 0 Å². The number of carbonyl (C=O) groups is 1. The summed E-state index contributed by atoms with van der Waals surface area (Å²) in [7, 11) is 0. The molecule has 0 fully saturated rings. The summed E-state index contributed by atoms with van der Waals surface area (Å²) in [4.78, 5) is 23.8. The Kier molecular flexibility index (Phi) is 7.11. The number of hydrogen-bond acceptors (Lipinski definition) is 4. The predicted molar refractivity (Wildman–Crippen MR) is 99.2 cm³/mol. The van der Waals surface area contributed by atoms with E-state index in [2.05, 4.69) is 38.4 Å². The number of thioether (sulfide) groups is 1. The molecule has 0 aliphatic heterocycles. The van der Waals surface area contributed by atoms with Crippen LogP contribution in [0.2, 0.25) is 0 Å². The van der Waals surface area contributed by atoms with Crippen molar-refractivity contribution >= 4 is 33.6 Å². The van der Waals surface area contributed by atoms with E-state index in [9.17, 15) is 9.59 Å². The van der Waals surface area contributed by atoms with Crippen molar-refractivity contribution in [3.63, 3.8) is 0 Å². The maximum Gasteiger partial charge on any atom is 0.343 e. The fraction of sp³-hybridized carbons (Fsp3) is 0.438. The van der Waals surface area contributed by atoms with Crippen LogP contribution in [0, 0.1) is 0 Å². The number of halogens is 1. The molecule has 0 radical (unpaired) electrons.